The van der Waals surface area contributed by atoms with Crippen LogP contribution in [0, 0.1) is 0 Å². The van der Waals surface area contributed by atoms with Crippen LogP contribution in [0.15, 0.2) is 72.8 Å². The van der Waals surface area contributed by atoms with E-state index in [2.05, 4.69) is 16.0 Å². The van der Waals surface area contributed by atoms with Gasteiger partial charge in [0.2, 0.25) is 6.41 Å². The van der Waals surface area contributed by atoms with Gasteiger partial charge in [-0.3, -0.25) is 4.79 Å². The second kappa shape index (κ2) is 11.9. The number of aliphatic hydroxyl groups excluding tert-OH is 2. The maximum Gasteiger partial charge on any atom is 0.211 e. The summed E-state index contributed by atoms with van der Waals surface area (Å²) in [6, 6.07) is 22.2. The summed E-state index contributed by atoms with van der Waals surface area (Å²) in [7, 11) is 0. The normalized spacial score (nSPS) is 12.7. The summed E-state index contributed by atoms with van der Waals surface area (Å²) in [5.41, 5.74) is 3.85. The molecule has 0 saturated heterocycles. The van der Waals surface area contributed by atoms with Crippen LogP contribution in [0.5, 0.6) is 5.75 Å². The third-order valence-corrected chi connectivity index (χ3v) is 5.19. The highest BCUT2D eigenvalue weighted by molar-refractivity contribution is 5.75. The molecule has 32 heavy (non-hydrogen) atoms. The maximum atomic E-state index is 10.6. The summed E-state index contributed by atoms with van der Waals surface area (Å²) >= 11 is 0. The van der Waals surface area contributed by atoms with Gasteiger partial charge in [0.05, 0.1) is 17.9 Å². The Morgan fingerprint density at radius 3 is 2.28 bits per heavy atom. The first-order valence-corrected chi connectivity index (χ1v) is 10.5. The molecule has 7 nitrogen and oxygen atoms in total. The lowest BCUT2D eigenvalue weighted by molar-refractivity contribution is -0.105. The molecule has 0 bridgehead atoms. The van der Waals surface area contributed by atoms with Crippen LogP contribution in [-0.2, 0) is 11.2 Å². The second-order valence-electron chi connectivity index (χ2n) is 7.51. The Morgan fingerprint density at radius 2 is 1.56 bits per heavy atom. The fourth-order valence-corrected chi connectivity index (χ4v) is 3.33. The zero-order chi connectivity index (χ0) is 22.8. The highest BCUT2D eigenvalue weighted by atomic mass is 16.3. The number of amides is 1. The van der Waals surface area contributed by atoms with E-state index in [0.29, 0.717) is 31.6 Å². The molecule has 3 rings (SSSR count). The van der Waals surface area contributed by atoms with Crippen molar-refractivity contribution in [2.45, 2.75) is 18.6 Å². The van der Waals surface area contributed by atoms with Gasteiger partial charge < -0.3 is 31.3 Å². The molecule has 0 fully saturated rings. The Kier molecular flexibility index (Phi) is 8.62. The van der Waals surface area contributed by atoms with Crippen LogP contribution in [0.1, 0.15) is 28.9 Å². The third-order valence-electron chi connectivity index (χ3n) is 5.19. The Hall–Kier alpha value is -3.39. The second-order valence-corrected chi connectivity index (χ2v) is 7.51. The number of anilines is 2. The molecule has 0 spiro atoms. The number of rotatable bonds is 12. The lowest BCUT2D eigenvalue weighted by atomic mass is 10.1. The summed E-state index contributed by atoms with van der Waals surface area (Å²) in [5.74, 6) is -0.0477. The van der Waals surface area contributed by atoms with Crippen LogP contribution >= 0.6 is 0 Å². The first-order chi connectivity index (χ1) is 15.6. The minimum absolute atomic E-state index is 0.0477. The van der Waals surface area contributed by atoms with Gasteiger partial charge in [0.25, 0.3) is 0 Å². The van der Waals surface area contributed by atoms with Gasteiger partial charge in [-0.05, 0) is 53.9 Å². The number of hydrogen-bond donors (Lipinski definition) is 6. The fraction of sp³-hybridized carbons (Fsp3) is 0.240. The predicted molar refractivity (Wildman–Crippen MR) is 126 cm³/mol. The lowest BCUT2D eigenvalue weighted by Gasteiger charge is -2.15. The summed E-state index contributed by atoms with van der Waals surface area (Å²) in [6.45, 7) is 1.47. The molecule has 0 saturated carbocycles. The van der Waals surface area contributed by atoms with Gasteiger partial charge in [-0.15, -0.1) is 0 Å². The number of aromatic hydroxyl groups is 1. The van der Waals surface area contributed by atoms with E-state index in [9.17, 15) is 20.1 Å². The molecule has 0 aliphatic carbocycles. The number of phenolic OH excluding ortho intramolecular Hbond substituents is 1. The molecule has 2 unspecified atom stereocenters. The van der Waals surface area contributed by atoms with Crippen LogP contribution in [0.25, 0.3) is 0 Å². The quantitative estimate of drug-likeness (QED) is 0.148. The highest BCUT2D eigenvalue weighted by Gasteiger charge is 2.10. The Morgan fingerprint density at radius 1 is 0.844 bits per heavy atom. The summed E-state index contributed by atoms with van der Waals surface area (Å²) in [4.78, 5) is 10.6. The molecule has 168 valence electrons. The minimum Gasteiger partial charge on any atom is -0.506 e. The van der Waals surface area contributed by atoms with Gasteiger partial charge in [0.1, 0.15) is 5.75 Å². The van der Waals surface area contributed by atoms with Crippen LogP contribution in [-0.4, -0.2) is 41.4 Å². The Bertz CT molecular complexity index is 980. The number of carbonyl (C=O) groups excluding carboxylic acids is 1. The fourth-order valence-electron chi connectivity index (χ4n) is 3.33. The van der Waals surface area contributed by atoms with E-state index in [1.54, 1.807) is 12.1 Å². The number of hydrogen-bond acceptors (Lipinski definition) is 6. The van der Waals surface area contributed by atoms with Gasteiger partial charge in [0.15, 0.2) is 0 Å². The first-order valence-electron chi connectivity index (χ1n) is 10.5. The van der Waals surface area contributed by atoms with E-state index in [1.807, 2.05) is 54.6 Å². The smallest absolute Gasteiger partial charge is 0.211 e. The number of carbonyl (C=O) groups is 1. The molecule has 6 N–H and O–H groups in total. The van der Waals surface area contributed by atoms with Crippen molar-refractivity contribution in [1.82, 2.24) is 5.32 Å². The molecule has 0 radical (unpaired) electrons. The Labute approximate surface area is 187 Å². The maximum absolute atomic E-state index is 10.6. The van der Waals surface area contributed by atoms with Crippen molar-refractivity contribution in [3.05, 3.63) is 89.5 Å². The molecule has 3 aromatic carbocycles. The predicted octanol–water partition coefficient (Wildman–Crippen LogP) is 2.97. The molecular weight excluding hydrogens is 406 g/mol. The average molecular weight is 436 g/mol. The monoisotopic (exact) mass is 435 g/mol. The molecule has 2 atom stereocenters. The largest absolute Gasteiger partial charge is 0.506 e. The van der Waals surface area contributed by atoms with Crippen molar-refractivity contribution in [3.8, 4) is 5.75 Å². The summed E-state index contributed by atoms with van der Waals surface area (Å²) < 4.78 is 0. The highest BCUT2D eigenvalue weighted by Crippen LogP contribution is 2.26. The molecule has 7 heteroatoms. The van der Waals surface area contributed by atoms with E-state index < -0.39 is 12.2 Å². The van der Waals surface area contributed by atoms with Crippen molar-refractivity contribution in [1.29, 1.82) is 0 Å². The molecule has 0 heterocycles. The van der Waals surface area contributed by atoms with Crippen LogP contribution < -0.4 is 16.0 Å². The first kappa shape index (κ1) is 23.3. The summed E-state index contributed by atoms with van der Waals surface area (Å²) in [5, 5.41) is 39.1. The van der Waals surface area contributed by atoms with Crippen molar-refractivity contribution in [2.24, 2.45) is 0 Å². The number of phenols is 1. The van der Waals surface area contributed by atoms with Crippen molar-refractivity contribution < 1.29 is 20.1 Å². The van der Waals surface area contributed by atoms with Crippen LogP contribution in [0.4, 0.5) is 11.4 Å². The molecule has 1 amide bonds. The number of benzene rings is 3. The SMILES string of the molecule is O=CNc1cc(C(O)CNCCc2ccc(NCC(O)c3ccccc3)cc2)ccc1O. The van der Waals surface area contributed by atoms with E-state index in [4.69, 9.17) is 0 Å². The van der Waals surface area contributed by atoms with E-state index in [1.165, 1.54) is 6.07 Å². The minimum atomic E-state index is -0.759. The van der Waals surface area contributed by atoms with Gasteiger partial charge in [-0.1, -0.05) is 48.5 Å². The van der Waals surface area contributed by atoms with Crippen molar-refractivity contribution in [3.63, 3.8) is 0 Å². The van der Waals surface area contributed by atoms with E-state index >= 15 is 0 Å². The van der Waals surface area contributed by atoms with Crippen molar-refractivity contribution in [2.75, 3.05) is 30.3 Å². The molecule has 0 aliphatic heterocycles. The zero-order valence-electron chi connectivity index (χ0n) is 17.7. The number of aliphatic hydroxyl groups is 2. The van der Waals surface area contributed by atoms with E-state index in [0.717, 1.165) is 23.2 Å². The van der Waals surface area contributed by atoms with E-state index in [-0.39, 0.29) is 11.4 Å². The molecule has 0 aromatic heterocycles. The Balaban J connectivity index is 1.40. The topological polar surface area (TPSA) is 114 Å². The summed E-state index contributed by atoms with van der Waals surface area (Å²) in [6.07, 6.45) is -0.0427. The molecular formula is C25H29N3O4. The van der Waals surface area contributed by atoms with Gasteiger partial charge in [0, 0.05) is 18.8 Å². The molecule has 0 aliphatic rings. The zero-order valence-corrected chi connectivity index (χ0v) is 17.7. The average Bonchev–Trinajstić information content (AvgIpc) is 2.83. The van der Waals surface area contributed by atoms with Crippen LogP contribution in [0.2, 0.25) is 0 Å². The number of nitrogens with one attached hydrogen (secondary N) is 3. The van der Waals surface area contributed by atoms with Crippen LogP contribution in [0.3, 0.4) is 0 Å². The molecule has 3 aromatic rings. The van der Waals surface area contributed by atoms with Crippen molar-refractivity contribution >= 4 is 17.8 Å². The standard InChI is InChI=1S/C25H29N3O4/c29-17-28-22-14-20(8-11-23(22)30)24(31)15-26-13-12-18-6-9-21(10-7-18)27-16-25(32)19-4-2-1-3-5-19/h1-11,14,17,24-27,30-32H,12-13,15-16H2,(H,28,29). The van der Waals surface area contributed by atoms with Gasteiger partial charge in [-0.2, -0.15) is 0 Å². The van der Waals surface area contributed by atoms with Gasteiger partial charge >= 0.3 is 0 Å². The van der Waals surface area contributed by atoms with Gasteiger partial charge in [-0.25, -0.2) is 0 Å². The lowest BCUT2D eigenvalue weighted by Crippen LogP contribution is -2.23. The third kappa shape index (κ3) is 6.81.